The Kier molecular flexibility index (Phi) is 7.45. The van der Waals surface area contributed by atoms with E-state index in [-0.39, 0.29) is 0 Å². The van der Waals surface area contributed by atoms with Crippen molar-refractivity contribution in [3.05, 3.63) is 24.0 Å². The smallest absolute Gasteiger partial charge is 0.0637 e. The molecule has 0 fully saturated rings. The van der Waals surface area contributed by atoms with Gasteiger partial charge in [0.15, 0.2) is 0 Å². The molecule has 0 spiro atoms. The summed E-state index contributed by atoms with van der Waals surface area (Å²) in [5, 5.41) is 3.49. The van der Waals surface area contributed by atoms with E-state index in [4.69, 9.17) is 4.74 Å². The quantitative estimate of drug-likeness (QED) is 0.743. The summed E-state index contributed by atoms with van der Waals surface area (Å²) in [4.78, 5) is 6.56. The lowest BCUT2D eigenvalue weighted by atomic mass is 10.2. The fraction of sp³-hybridized carbons (Fsp3) is 0.667. The first-order valence-electron chi connectivity index (χ1n) is 7.06. The van der Waals surface area contributed by atoms with Gasteiger partial charge in [-0.15, -0.1) is 0 Å². The van der Waals surface area contributed by atoms with Gasteiger partial charge in [-0.05, 0) is 31.0 Å². The van der Waals surface area contributed by atoms with Crippen molar-refractivity contribution in [2.24, 2.45) is 5.92 Å². The highest BCUT2D eigenvalue weighted by Crippen LogP contribution is 2.18. The molecule has 4 heteroatoms. The Labute approximate surface area is 117 Å². The molecule has 0 aromatic carbocycles. The van der Waals surface area contributed by atoms with Gasteiger partial charge in [0.25, 0.3) is 0 Å². The minimum atomic E-state index is 0.668. The SMILES string of the molecule is CCN(CCOC)c1cnccc1CNCC(C)C. The monoisotopic (exact) mass is 265 g/mol. The van der Waals surface area contributed by atoms with Crippen LogP contribution in [0.25, 0.3) is 0 Å². The van der Waals surface area contributed by atoms with E-state index in [9.17, 15) is 0 Å². The van der Waals surface area contributed by atoms with Gasteiger partial charge in [-0.2, -0.15) is 0 Å². The number of hydrogen-bond acceptors (Lipinski definition) is 4. The van der Waals surface area contributed by atoms with Crippen LogP contribution in [-0.2, 0) is 11.3 Å². The Morgan fingerprint density at radius 2 is 2.21 bits per heavy atom. The average Bonchev–Trinajstić information content (AvgIpc) is 2.40. The summed E-state index contributed by atoms with van der Waals surface area (Å²) in [5.74, 6) is 0.668. The zero-order valence-electron chi connectivity index (χ0n) is 12.6. The first-order chi connectivity index (χ1) is 9.19. The maximum atomic E-state index is 5.17. The topological polar surface area (TPSA) is 37.4 Å². The zero-order chi connectivity index (χ0) is 14.1. The molecule has 19 heavy (non-hydrogen) atoms. The molecule has 108 valence electrons. The summed E-state index contributed by atoms with van der Waals surface area (Å²) in [6.45, 7) is 11.1. The maximum Gasteiger partial charge on any atom is 0.0637 e. The lowest BCUT2D eigenvalue weighted by molar-refractivity contribution is 0.205. The molecule has 1 aromatic rings. The molecular weight excluding hydrogens is 238 g/mol. The zero-order valence-corrected chi connectivity index (χ0v) is 12.6. The van der Waals surface area contributed by atoms with Gasteiger partial charge in [0.1, 0.15) is 0 Å². The minimum absolute atomic E-state index is 0.668. The number of rotatable bonds is 9. The number of anilines is 1. The van der Waals surface area contributed by atoms with E-state index < -0.39 is 0 Å². The third-order valence-corrected chi connectivity index (χ3v) is 3.04. The number of likely N-dealkylation sites (N-methyl/N-ethyl adjacent to an activating group) is 1. The number of pyridine rings is 1. The molecule has 0 unspecified atom stereocenters. The van der Waals surface area contributed by atoms with E-state index in [1.165, 1.54) is 11.3 Å². The van der Waals surface area contributed by atoms with Gasteiger partial charge in [-0.3, -0.25) is 4.98 Å². The highest BCUT2D eigenvalue weighted by molar-refractivity contribution is 5.51. The summed E-state index contributed by atoms with van der Waals surface area (Å²) in [6.07, 6.45) is 3.81. The Balaban J connectivity index is 2.69. The third kappa shape index (κ3) is 5.57. The molecule has 0 aliphatic heterocycles. The summed E-state index contributed by atoms with van der Waals surface area (Å²) in [5.41, 5.74) is 2.51. The second-order valence-corrected chi connectivity index (χ2v) is 5.10. The molecule has 4 nitrogen and oxygen atoms in total. The lowest BCUT2D eigenvalue weighted by Gasteiger charge is -2.25. The van der Waals surface area contributed by atoms with Crippen molar-refractivity contribution < 1.29 is 4.74 Å². The van der Waals surface area contributed by atoms with E-state index >= 15 is 0 Å². The fourth-order valence-corrected chi connectivity index (χ4v) is 2.00. The Bertz CT molecular complexity index is 355. The van der Waals surface area contributed by atoms with Crippen LogP contribution in [0, 0.1) is 5.92 Å². The Morgan fingerprint density at radius 3 is 2.84 bits per heavy atom. The van der Waals surface area contributed by atoms with Crippen LogP contribution >= 0.6 is 0 Å². The van der Waals surface area contributed by atoms with E-state index in [2.05, 4.69) is 42.0 Å². The molecule has 0 saturated heterocycles. The number of ether oxygens (including phenoxy) is 1. The average molecular weight is 265 g/mol. The standard InChI is InChI=1S/C15H27N3O/c1-5-18(8-9-19-4)15-12-16-7-6-14(15)11-17-10-13(2)3/h6-7,12-13,17H,5,8-11H2,1-4H3. The van der Waals surface area contributed by atoms with Crippen LogP contribution in [0.1, 0.15) is 26.3 Å². The van der Waals surface area contributed by atoms with Crippen LogP contribution in [0.4, 0.5) is 5.69 Å². The highest BCUT2D eigenvalue weighted by Gasteiger charge is 2.09. The second kappa shape index (κ2) is 8.88. The van der Waals surface area contributed by atoms with Gasteiger partial charge < -0.3 is 15.0 Å². The van der Waals surface area contributed by atoms with Crippen LogP contribution in [-0.4, -0.2) is 38.3 Å². The van der Waals surface area contributed by atoms with Gasteiger partial charge in [-0.1, -0.05) is 13.8 Å². The minimum Gasteiger partial charge on any atom is -0.383 e. The second-order valence-electron chi connectivity index (χ2n) is 5.10. The highest BCUT2D eigenvalue weighted by atomic mass is 16.5. The van der Waals surface area contributed by atoms with E-state index in [0.717, 1.165) is 32.8 Å². The molecule has 1 rings (SSSR count). The fourth-order valence-electron chi connectivity index (χ4n) is 2.00. The van der Waals surface area contributed by atoms with E-state index in [0.29, 0.717) is 5.92 Å². The predicted molar refractivity (Wildman–Crippen MR) is 80.5 cm³/mol. The Morgan fingerprint density at radius 1 is 1.42 bits per heavy atom. The van der Waals surface area contributed by atoms with Crippen molar-refractivity contribution in [2.75, 3.05) is 38.3 Å². The molecule has 1 aromatic heterocycles. The van der Waals surface area contributed by atoms with Crippen LogP contribution < -0.4 is 10.2 Å². The third-order valence-electron chi connectivity index (χ3n) is 3.04. The summed E-state index contributed by atoms with van der Waals surface area (Å²) in [6, 6.07) is 2.10. The summed E-state index contributed by atoms with van der Waals surface area (Å²) >= 11 is 0. The van der Waals surface area contributed by atoms with Crippen molar-refractivity contribution in [3.8, 4) is 0 Å². The molecule has 0 aliphatic carbocycles. The van der Waals surface area contributed by atoms with Crippen molar-refractivity contribution in [3.63, 3.8) is 0 Å². The number of nitrogens with one attached hydrogen (secondary N) is 1. The predicted octanol–water partition coefficient (Wildman–Crippen LogP) is 2.30. The van der Waals surface area contributed by atoms with Crippen LogP contribution in [0.15, 0.2) is 18.5 Å². The molecule has 1 heterocycles. The normalized spacial score (nSPS) is 11.0. The molecule has 0 bridgehead atoms. The van der Waals surface area contributed by atoms with Gasteiger partial charge in [0.2, 0.25) is 0 Å². The summed E-state index contributed by atoms with van der Waals surface area (Å²) in [7, 11) is 1.74. The van der Waals surface area contributed by atoms with Crippen LogP contribution in [0.5, 0.6) is 0 Å². The van der Waals surface area contributed by atoms with Gasteiger partial charge in [0, 0.05) is 32.9 Å². The number of methoxy groups -OCH3 is 1. The lowest BCUT2D eigenvalue weighted by Crippen LogP contribution is -2.29. The molecule has 0 saturated carbocycles. The first kappa shape index (κ1) is 15.9. The maximum absolute atomic E-state index is 5.17. The van der Waals surface area contributed by atoms with Crippen LogP contribution in [0.2, 0.25) is 0 Å². The molecular formula is C15H27N3O. The molecule has 0 atom stereocenters. The number of nitrogens with zero attached hydrogens (tertiary/aromatic N) is 2. The molecule has 0 amide bonds. The van der Waals surface area contributed by atoms with E-state index in [1.807, 2.05) is 12.4 Å². The Hall–Kier alpha value is -1.13. The molecule has 0 radical (unpaired) electrons. The number of aromatic nitrogens is 1. The van der Waals surface area contributed by atoms with Gasteiger partial charge in [-0.25, -0.2) is 0 Å². The summed E-state index contributed by atoms with van der Waals surface area (Å²) < 4.78 is 5.17. The molecule has 0 aliphatic rings. The van der Waals surface area contributed by atoms with Crippen molar-refractivity contribution in [1.82, 2.24) is 10.3 Å². The van der Waals surface area contributed by atoms with Crippen molar-refractivity contribution in [2.45, 2.75) is 27.3 Å². The van der Waals surface area contributed by atoms with Gasteiger partial charge in [0.05, 0.1) is 18.5 Å². The van der Waals surface area contributed by atoms with E-state index in [1.54, 1.807) is 7.11 Å². The van der Waals surface area contributed by atoms with Gasteiger partial charge >= 0.3 is 0 Å². The first-order valence-corrected chi connectivity index (χ1v) is 7.06. The van der Waals surface area contributed by atoms with Crippen molar-refractivity contribution >= 4 is 5.69 Å². The van der Waals surface area contributed by atoms with Crippen molar-refractivity contribution in [1.29, 1.82) is 0 Å². The number of hydrogen-bond donors (Lipinski definition) is 1. The van der Waals surface area contributed by atoms with Crippen LogP contribution in [0.3, 0.4) is 0 Å². The molecule has 1 N–H and O–H groups in total. The largest absolute Gasteiger partial charge is 0.383 e.